The number of hydrogen-bond acceptors (Lipinski definition) is 2. The lowest BCUT2D eigenvalue weighted by atomic mass is 10.1. The minimum absolute atomic E-state index is 1.18. The molecule has 0 bridgehead atoms. The van der Waals surface area contributed by atoms with Crippen molar-refractivity contribution < 1.29 is 0 Å². The molecule has 0 aliphatic rings. The average molecular weight is 194 g/mol. The van der Waals surface area contributed by atoms with E-state index in [2.05, 4.69) is 23.4 Å². The number of unbranched alkanes of at least 4 members (excludes halogenated alkanes) is 2. The first-order valence-corrected chi connectivity index (χ1v) is 5.85. The predicted octanol–water partition coefficient (Wildman–Crippen LogP) is 3.32. The zero-order valence-electron chi connectivity index (χ0n) is 7.91. The second-order valence-corrected chi connectivity index (χ2v) is 3.89. The molecule has 0 unspecified atom stereocenters. The van der Waals surface area contributed by atoms with Crippen LogP contribution in [0.2, 0.25) is 0 Å². The number of nitrogens with zero attached hydrogens (tertiary/aromatic N) is 1. The van der Waals surface area contributed by atoms with Crippen molar-refractivity contribution in [3.63, 3.8) is 0 Å². The Morgan fingerprint density at radius 1 is 1.15 bits per heavy atom. The summed E-state index contributed by atoms with van der Waals surface area (Å²) >= 11 is 1.69. The first-order valence-electron chi connectivity index (χ1n) is 4.69. The van der Waals surface area contributed by atoms with Crippen LogP contribution in [-0.2, 0) is 6.42 Å². The molecule has 0 aromatic carbocycles. The van der Waals surface area contributed by atoms with E-state index in [0.29, 0.717) is 0 Å². The summed E-state index contributed by atoms with van der Waals surface area (Å²) in [6, 6.07) is 4.19. The molecule has 0 saturated heterocycles. The van der Waals surface area contributed by atoms with Crippen molar-refractivity contribution in [1.29, 1.82) is 0 Å². The quantitative estimate of drug-likeness (QED) is 0.644. The lowest BCUT2D eigenvalue weighted by Crippen LogP contribution is -1.86. The summed E-state index contributed by atoms with van der Waals surface area (Å²) in [5, 5.41) is 0. The fourth-order valence-corrected chi connectivity index (χ4v) is 1.67. The minimum Gasteiger partial charge on any atom is -0.265 e. The Morgan fingerprint density at radius 2 is 1.92 bits per heavy atom. The van der Waals surface area contributed by atoms with Crippen LogP contribution in [-0.4, -0.2) is 10.7 Å². The van der Waals surface area contributed by atoms with E-state index < -0.39 is 0 Å². The molecular formula is C11H16NS. The summed E-state index contributed by atoms with van der Waals surface area (Å²) in [6.07, 6.45) is 12.5. The Hall–Kier alpha value is -0.500. The molecule has 0 atom stereocenters. The molecule has 0 spiro atoms. The van der Waals surface area contributed by atoms with Crippen LogP contribution in [0.15, 0.2) is 24.5 Å². The van der Waals surface area contributed by atoms with Gasteiger partial charge in [-0.05, 0) is 42.7 Å². The van der Waals surface area contributed by atoms with Gasteiger partial charge in [-0.25, -0.2) is 0 Å². The van der Waals surface area contributed by atoms with E-state index in [1.54, 1.807) is 11.8 Å². The van der Waals surface area contributed by atoms with Crippen molar-refractivity contribution in [2.45, 2.75) is 25.7 Å². The third-order valence-electron chi connectivity index (χ3n) is 2.00. The van der Waals surface area contributed by atoms with Gasteiger partial charge in [0.05, 0.1) is 0 Å². The summed E-state index contributed by atoms with van der Waals surface area (Å²) < 4.78 is 0. The number of aromatic nitrogens is 1. The molecule has 1 heterocycles. The second-order valence-electron chi connectivity index (χ2n) is 3.07. The Balaban J connectivity index is 2.07. The molecule has 0 fully saturated rings. The Labute approximate surface area is 85.0 Å². The van der Waals surface area contributed by atoms with Crippen LogP contribution < -0.4 is 0 Å². The van der Waals surface area contributed by atoms with Crippen LogP contribution in [0.25, 0.3) is 0 Å². The smallest absolute Gasteiger partial charge is 0.0270 e. The van der Waals surface area contributed by atoms with Gasteiger partial charge in [0.1, 0.15) is 0 Å². The van der Waals surface area contributed by atoms with E-state index in [4.69, 9.17) is 0 Å². The van der Waals surface area contributed by atoms with Gasteiger partial charge in [-0.3, -0.25) is 4.98 Å². The molecule has 1 aromatic heterocycles. The molecule has 71 valence electrons. The van der Waals surface area contributed by atoms with Crippen LogP contribution >= 0.6 is 11.8 Å². The van der Waals surface area contributed by atoms with Crippen LogP contribution in [0.1, 0.15) is 24.8 Å². The highest BCUT2D eigenvalue weighted by atomic mass is 32.2. The Morgan fingerprint density at radius 3 is 2.62 bits per heavy atom. The third-order valence-corrected chi connectivity index (χ3v) is 2.58. The van der Waals surface area contributed by atoms with Gasteiger partial charge in [-0.1, -0.05) is 6.42 Å². The maximum Gasteiger partial charge on any atom is 0.0270 e. The maximum atomic E-state index is 3.99. The molecule has 13 heavy (non-hydrogen) atoms. The monoisotopic (exact) mass is 194 g/mol. The van der Waals surface area contributed by atoms with Crippen molar-refractivity contribution in [1.82, 2.24) is 4.98 Å². The van der Waals surface area contributed by atoms with Crippen molar-refractivity contribution >= 4 is 11.8 Å². The largest absolute Gasteiger partial charge is 0.265 e. The number of hydrogen-bond donors (Lipinski definition) is 0. The van der Waals surface area contributed by atoms with Gasteiger partial charge in [-0.15, -0.1) is 0 Å². The van der Waals surface area contributed by atoms with Gasteiger partial charge >= 0.3 is 0 Å². The summed E-state index contributed by atoms with van der Waals surface area (Å²) in [4.78, 5) is 3.99. The molecule has 0 amide bonds. The molecule has 0 aliphatic heterocycles. The molecule has 1 rings (SSSR count). The molecule has 1 nitrogen and oxygen atoms in total. The number of pyridine rings is 1. The predicted molar refractivity (Wildman–Crippen MR) is 59.6 cm³/mol. The average Bonchev–Trinajstić information content (AvgIpc) is 2.19. The van der Waals surface area contributed by atoms with E-state index >= 15 is 0 Å². The zero-order valence-corrected chi connectivity index (χ0v) is 8.72. The first kappa shape index (κ1) is 10.6. The minimum atomic E-state index is 1.18. The number of aryl methyl sites for hydroxylation is 1. The second kappa shape index (κ2) is 6.96. The molecule has 0 N–H and O–H groups in total. The summed E-state index contributed by atoms with van der Waals surface area (Å²) in [5.74, 6) is 1.19. The highest BCUT2D eigenvalue weighted by molar-refractivity contribution is 8.00. The molecule has 1 radical (unpaired) electrons. The van der Waals surface area contributed by atoms with Crippen molar-refractivity contribution in [3.05, 3.63) is 36.3 Å². The SMILES string of the molecule is [CH2]SCCCCCc1ccncc1. The Bertz CT molecular complexity index is 211. The summed E-state index contributed by atoms with van der Waals surface area (Å²) in [7, 11) is 0. The van der Waals surface area contributed by atoms with Crippen LogP contribution in [0.4, 0.5) is 0 Å². The van der Waals surface area contributed by atoms with Gasteiger partial charge < -0.3 is 0 Å². The molecule has 1 aromatic rings. The van der Waals surface area contributed by atoms with Gasteiger partial charge in [0.25, 0.3) is 0 Å². The van der Waals surface area contributed by atoms with Crippen LogP contribution in [0, 0.1) is 6.26 Å². The topological polar surface area (TPSA) is 12.9 Å². The number of rotatable bonds is 6. The van der Waals surface area contributed by atoms with E-state index in [1.807, 2.05) is 12.4 Å². The van der Waals surface area contributed by atoms with E-state index in [0.717, 1.165) is 0 Å². The summed E-state index contributed by atoms with van der Waals surface area (Å²) in [6.45, 7) is 0. The van der Waals surface area contributed by atoms with E-state index in [9.17, 15) is 0 Å². The fraction of sp³-hybridized carbons (Fsp3) is 0.455. The summed E-state index contributed by atoms with van der Waals surface area (Å²) in [5.41, 5.74) is 1.40. The Kier molecular flexibility index (Phi) is 5.66. The maximum absolute atomic E-state index is 3.99. The lowest BCUT2D eigenvalue weighted by molar-refractivity contribution is 0.722. The highest BCUT2D eigenvalue weighted by Crippen LogP contribution is 2.07. The van der Waals surface area contributed by atoms with Gasteiger partial charge in [-0.2, -0.15) is 11.8 Å². The lowest BCUT2D eigenvalue weighted by Gasteiger charge is -2.00. The van der Waals surface area contributed by atoms with Crippen LogP contribution in [0.5, 0.6) is 0 Å². The molecular weight excluding hydrogens is 178 g/mol. The fourth-order valence-electron chi connectivity index (χ4n) is 1.26. The van der Waals surface area contributed by atoms with E-state index in [1.165, 1.54) is 37.0 Å². The van der Waals surface area contributed by atoms with Crippen molar-refractivity contribution in [2.24, 2.45) is 0 Å². The molecule has 2 heteroatoms. The van der Waals surface area contributed by atoms with E-state index in [-0.39, 0.29) is 0 Å². The zero-order chi connectivity index (χ0) is 9.36. The first-order chi connectivity index (χ1) is 6.43. The van der Waals surface area contributed by atoms with Crippen LogP contribution in [0.3, 0.4) is 0 Å². The standard InChI is InChI=1S/C11H16NS/c1-13-10-4-2-3-5-11-6-8-12-9-7-11/h6-9H,1-5,10H2. The normalized spacial score (nSPS) is 10.2. The third kappa shape index (κ3) is 4.94. The molecule has 0 saturated carbocycles. The highest BCUT2D eigenvalue weighted by Gasteiger charge is 1.92. The van der Waals surface area contributed by atoms with Gasteiger partial charge in [0.15, 0.2) is 0 Å². The van der Waals surface area contributed by atoms with Crippen molar-refractivity contribution in [2.75, 3.05) is 5.75 Å². The molecule has 0 aliphatic carbocycles. The van der Waals surface area contributed by atoms with Gasteiger partial charge in [0, 0.05) is 18.6 Å². The number of thioether (sulfide) groups is 1. The van der Waals surface area contributed by atoms with Crippen molar-refractivity contribution in [3.8, 4) is 0 Å². The van der Waals surface area contributed by atoms with Gasteiger partial charge in [0.2, 0.25) is 0 Å².